The van der Waals surface area contributed by atoms with E-state index in [0.717, 1.165) is 58.2 Å². The maximum absolute atomic E-state index is 13.3. The fourth-order valence-corrected chi connectivity index (χ4v) is 6.02. The predicted octanol–water partition coefficient (Wildman–Crippen LogP) is 5.20. The van der Waals surface area contributed by atoms with Crippen LogP contribution in [0.25, 0.3) is 0 Å². The quantitative estimate of drug-likeness (QED) is 0.503. The number of likely N-dealkylation sites (tertiary alicyclic amines) is 1. The zero-order chi connectivity index (χ0) is 28.2. The number of hydrogen-bond donors (Lipinski definition) is 2. The van der Waals surface area contributed by atoms with Gasteiger partial charge in [0.05, 0.1) is 0 Å². The maximum Gasteiger partial charge on any atom is 0.320 e. The van der Waals surface area contributed by atoms with Gasteiger partial charge in [-0.3, -0.25) is 10.1 Å². The first-order valence-corrected chi connectivity index (χ1v) is 14.2. The summed E-state index contributed by atoms with van der Waals surface area (Å²) >= 11 is 0. The maximum atomic E-state index is 13.3. The Morgan fingerprint density at radius 2 is 1.92 bits per heavy atom. The Bertz CT molecular complexity index is 1110. The molecule has 9 heteroatoms. The lowest BCUT2D eigenvalue weighted by Gasteiger charge is -2.43. The van der Waals surface area contributed by atoms with Gasteiger partial charge in [0.25, 0.3) is 0 Å². The van der Waals surface area contributed by atoms with Gasteiger partial charge < -0.3 is 19.6 Å². The van der Waals surface area contributed by atoms with E-state index in [0.29, 0.717) is 17.5 Å². The standard InChI is InChI=1S/C30H44FN5O3/c1-20(37)35(5)25-12-13-26(32-29(38)33-28-17-27(39-34-28)30(2,3)4)23(16-25)19-36-14-6-7-22(18-36)15-21-8-10-24(31)11-9-21/h8-11,17,22-23,25-26H,6-7,12-16,18-19H2,1-5H3,(H2,32,33,34,38)/t22-,23-,25+,26+/m0/s1. The van der Waals surface area contributed by atoms with Crippen molar-refractivity contribution >= 4 is 17.8 Å². The smallest absolute Gasteiger partial charge is 0.320 e. The molecule has 2 fully saturated rings. The summed E-state index contributed by atoms with van der Waals surface area (Å²) in [6, 6.07) is 8.48. The Hall–Kier alpha value is -2.94. The van der Waals surface area contributed by atoms with Crippen molar-refractivity contribution in [2.75, 3.05) is 32.0 Å². The second kappa shape index (κ2) is 12.5. The van der Waals surface area contributed by atoms with Gasteiger partial charge in [0.1, 0.15) is 11.6 Å². The lowest BCUT2D eigenvalue weighted by atomic mass is 9.80. The summed E-state index contributed by atoms with van der Waals surface area (Å²) in [5.41, 5.74) is 0.973. The molecule has 2 aliphatic rings. The van der Waals surface area contributed by atoms with Gasteiger partial charge >= 0.3 is 6.03 Å². The molecule has 1 aliphatic heterocycles. The third-order valence-electron chi connectivity index (χ3n) is 8.34. The lowest BCUT2D eigenvalue weighted by molar-refractivity contribution is -0.130. The Balaban J connectivity index is 1.39. The molecule has 3 amide bonds. The number of carbonyl (C=O) groups is 2. The number of rotatable bonds is 7. The van der Waals surface area contributed by atoms with Crippen LogP contribution in [0.3, 0.4) is 0 Å². The first-order chi connectivity index (χ1) is 18.5. The van der Waals surface area contributed by atoms with Crippen molar-refractivity contribution in [1.29, 1.82) is 0 Å². The van der Waals surface area contributed by atoms with Crippen LogP contribution in [0.5, 0.6) is 0 Å². The van der Waals surface area contributed by atoms with Gasteiger partial charge in [-0.1, -0.05) is 38.1 Å². The van der Waals surface area contributed by atoms with Gasteiger partial charge in [0, 0.05) is 50.6 Å². The van der Waals surface area contributed by atoms with Crippen LogP contribution in [-0.4, -0.2) is 65.7 Å². The molecule has 4 rings (SSSR count). The molecule has 1 saturated carbocycles. The number of halogens is 1. The molecule has 8 nitrogen and oxygen atoms in total. The molecule has 1 aromatic heterocycles. The zero-order valence-electron chi connectivity index (χ0n) is 24.0. The average molecular weight is 542 g/mol. The Labute approximate surface area is 231 Å². The summed E-state index contributed by atoms with van der Waals surface area (Å²) in [5.74, 6) is 1.71. The zero-order valence-corrected chi connectivity index (χ0v) is 24.0. The number of nitrogens with zero attached hydrogens (tertiary/aromatic N) is 3. The number of nitrogens with one attached hydrogen (secondary N) is 2. The van der Waals surface area contributed by atoms with Crippen molar-refractivity contribution in [3.8, 4) is 0 Å². The highest BCUT2D eigenvalue weighted by Crippen LogP contribution is 2.31. The van der Waals surface area contributed by atoms with E-state index in [1.807, 2.05) is 44.9 Å². The number of carbonyl (C=O) groups excluding carboxylic acids is 2. The van der Waals surface area contributed by atoms with Crippen LogP contribution >= 0.6 is 0 Å². The van der Waals surface area contributed by atoms with Crippen LogP contribution in [0, 0.1) is 17.7 Å². The van der Waals surface area contributed by atoms with Gasteiger partial charge in [-0.25, -0.2) is 9.18 Å². The molecule has 214 valence electrons. The van der Waals surface area contributed by atoms with Crippen LogP contribution in [0.1, 0.15) is 71.1 Å². The van der Waals surface area contributed by atoms with E-state index in [1.54, 1.807) is 13.0 Å². The molecular formula is C30H44FN5O3. The largest absolute Gasteiger partial charge is 0.359 e. The van der Waals surface area contributed by atoms with Gasteiger partial charge in [-0.2, -0.15) is 0 Å². The minimum absolute atomic E-state index is 0.00642. The highest BCUT2D eigenvalue weighted by molar-refractivity contribution is 5.88. The SMILES string of the molecule is CC(=O)N(C)[C@@H]1CC[C@@H](NC(=O)Nc2cc(C(C)(C)C)on2)[C@H](CN2CCC[C@@H](Cc3ccc(F)cc3)C2)C1. The number of aromatic nitrogens is 1. The molecule has 1 saturated heterocycles. The van der Waals surface area contributed by atoms with Crippen molar-refractivity contribution in [1.82, 2.24) is 20.3 Å². The van der Waals surface area contributed by atoms with Gasteiger partial charge in [-0.05, 0) is 74.6 Å². The van der Waals surface area contributed by atoms with Crippen molar-refractivity contribution in [3.05, 3.63) is 47.5 Å². The van der Waals surface area contributed by atoms with Crippen molar-refractivity contribution in [2.45, 2.75) is 83.7 Å². The molecule has 1 aliphatic carbocycles. The highest BCUT2D eigenvalue weighted by atomic mass is 19.1. The Kier molecular flexibility index (Phi) is 9.31. The summed E-state index contributed by atoms with van der Waals surface area (Å²) < 4.78 is 18.8. The van der Waals surface area contributed by atoms with Crippen LogP contribution in [0.4, 0.5) is 15.0 Å². The second-order valence-electron chi connectivity index (χ2n) is 12.5. The van der Waals surface area contributed by atoms with Gasteiger partial charge in [0.2, 0.25) is 5.91 Å². The monoisotopic (exact) mass is 541 g/mol. The number of piperidine rings is 1. The van der Waals surface area contributed by atoms with E-state index >= 15 is 0 Å². The summed E-state index contributed by atoms with van der Waals surface area (Å²) in [6.45, 7) is 10.6. The van der Waals surface area contributed by atoms with Crippen molar-refractivity contribution in [3.63, 3.8) is 0 Å². The molecule has 39 heavy (non-hydrogen) atoms. The normalized spacial score (nSPS) is 24.3. The lowest BCUT2D eigenvalue weighted by Crippen LogP contribution is -2.53. The van der Waals surface area contributed by atoms with Gasteiger partial charge in [0.15, 0.2) is 5.82 Å². The van der Waals surface area contributed by atoms with E-state index in [4.69, 9.17) is 4.52 Å². The van der Waals surface area contributed by atoms with Crippen molar-refractivity contribution < 1.29 is 18.5 Å². The number of benzene rings is 1. The van der Waals surface area contributed by atoms with Crippen LogP contribution in [-0.2, 0) is 16.6 Å². The summed E-state index contributed by atoms with van der Waals surface area (Å²) in [6.07, 6.45) is 5.72. The van der Waals surface area contributed by atoms with E-state index in [9.17, 15) is 14.0 Å². The van der Waals surface area contributed by atoms with Gasteiger partial charge in [-0.15, -0.1) is 0 Å². The summed E-state index contributed by atoms with van der Waals surface area (Å²) in [4.78, 5) is 29.4. The number of amides is 3. The second-order valence-corrected chi connectivity index (χ2v) is 12.5. The number of anilines is 1. The Morgan fingerprint density at radius 1 is 1.18 bits per heavy atom. The fourth-order valence-electron chi connectivity index (χ4n) is 6.02. The molecule has 2 N–H and O–H groups in total. The van der Waals surface area contributed by atoms with Crippen LogP contribution in [0.2, 0.25) is 0 Å². The minimum atomic E-state index is -0.287. The minimum Gasteiger partial charge on any atom is -0.359 e. The fraction of sp³-hybridized carbons (Fsp3) is 0.633. The third-order valence-corrected chi connectivity index (χ3v) is 8.34. The molecule has 1 aromatic carbocycles. The first-order valence-electron chi connectivity index (χ1n) is 14.2. The van der Waals surface area contributed by atoms with E-state index in [1.165, 1.54) is 17.7 Å². The molecule has 4 atom stereocenters. The van der Waals surface area contributed by atoms with Crippen LogP contribution < -0.4 is 10.6 Å². The highest BCUT2D eigenvalue weighted by Gasteiger charge is 2.36. The predicted molar refractivity (Wildman–Crippen MR) is 150 cm³/mol. The van der Waals surface area contributed by atoms with Crippen LogP contribution in [0.15, 0.2) is 34.9 Å². The summed E-state index contributed by atoms with van der Waals surface area (Å²) in [7, 11) is 1.88. The third kappa shape index (κ3) is 8.03. The average Bonchev–Trinajstić information content (AvgIpc) is 3.35. The molecule has 0 spiro atoms. The number of urea groups is 1. The van der Waals surface area contributed by atoms with E-state index < -0.39 is 0 Å². The van der Waals surface area contributed by atoms with E-state index in [2.05, 4.69) is 20.7 Å². The van der Waals surface area contributed by atoms with Crippen molar-refractivity contribution in [2.24, 2.45) is 11.8 Å². The van der Waals surface area contributed by atoms with E-state index in [-0.39, 0.29) is 41.2 Å². The molecule has 0 bridgehead atoms. The molecule has 2 heterocycles. The molecule has 0 unspecified atom stereocenters. The number of hydrogen-bond acceptors (Lipinski definition) is 5. The molecule has 0 radical (unpaired) electrons. The topological polar surface area (TPSA) is 90.7 Å². The molecular weight excluding hydrogens is 497 g/mol. The summed E-state index contributed by atoms with van der Waals surface area (Å²) in [5, 5.41) is 10.0. The molecule has 2 aromatic rings. The Morgan fingerprint density at radius 3 is 2.59 bits per heavy atom. The first kappa shape index (κ1) is 29.1.